The molecule has 16 heavy (non-hydrogen) atoms. The Kier molecular flexibility index (Phi) is 3.93. The molecule has 1 aliphatic heterocycles. The summed E-state index contributed by atoms with van der Waals surface area (Å²) in [4.78, 5) is 14.2. The van der Waals surface area contributed by atoms with E-state index in [4.69, 9.17) is 0 Å². The van der Waals surface area contributed by atoms with E-state index in [0.29, 0.717) is 11.3 Å². The van der Waals surface area contributed by atoms with Gasteiger partial charge in [0.05, 0.1) is 0 Å². The minimum absolute atomic E-state index is 0.252. The molecule has 0 bridgehead atoms. The standard InChI is InChI=1S/C13H22BrNO/c1-11-5-4-8-15(12(11)16)10-13(9-14)6-2-3-7-13/h11H,2-10H2,1H3. The molecule has 1 atom stereocenters. The van der Waals surface area contributed by atoms with Crippen molar-refractivity contribution in [1.29, 1.82) is 0 Å². The maximum absolute atomic E-state index is 12.1. The summed E-state index contributed by atoms with van der Waals surface area (Å²) in [5.41, 5.74) is 0.382. The van der Waals surface area contributed by atoms with E-state index in [9.17, 15) is 4.79 Å². The molecule has 0 aromatic carbocycles. The number of carbonyl (C=O) groups excluding carboxylic acids is 1. The van der Waals surface area contributed by atoms with E-state index in [-0.39, 0.29) is 5.92 Å². The maximum atomic E-state index is 12.1. The van der Waals surface area contributed by atoms with Crippen molar-refractivity contribution >= 4 is 21.8 Å². The summed E-state index contributed by atoms with van der Waals surface area (Å²) in [6.45, 7) is 4.04. The van der Waals surface area contributed by atoms with Crippen LogP contribution in [0.15, 0.2) is 0 Å². The monoisotopic (exact) mass is 287 g/mol. The van der Waals surface area contributed by atoms with Crippen molar-refractivity contribution < 1.29 is 4.79 Å². The van der Waals surface area contributed by atoms with Crippen LogP contribution in [0.4, 0.5) is 0 Å². The highest BCUT2D eigenvalue weighted by atomic mass is 79.9. The fourth-order valence-electron chi connectivity index (χ4n) is 3.15. The third-order valence-corrected chi connectivity index (χ3v) is 5.46. The van der Waals surface area contributed by atoms with Gasteiger partial charge in [-0.3, -0.25) is 4.79 Å². The van der Waals surface area contributed by atoms with Gasteiger partial charge in [-0.15, -0.1) is 0 Å². The number of likely N-dealkylation sites (tertiary alicyclic amines) is 1. The molecule has 3 heteroatoms. The largest absolute Gasteiger partial charge is 0.342 e. The Bertz CT molecular complexity index is 261. The zero-order chi connectivity index (χ0) is 11.6. The molecule has 1 saturated heterocycles. The van der Waals surface area contributed by atoms with E-state index >= 15 is 0 Å². The molecule has 2 nitrogen and oxygen atoms in total. The second-order valence-corrected chi connectivity index (χ2v) is 6.20. The van der Waals surface area contributed by atoms with E-state index in [1.807, 2.05) is 0 Å². The number of alkyl halides is 1. The van der Waals surface area contributed by atoms with Crippen LogP contribution in [0.2, 0.25) is 0 Å². The lowest BCUT2D eigenvalue weighted by atomic mass is 9.86. The van der Waals surface area contributed by atoms with Gasteiger partial charge in [-0.2, -0.15) is 0 Å². The summed E-state index contributed by atoms with van der Waals surface area (Å²) in [6, 6.07) is 0. The van der Waals surface area contributed by atoms with Crippen molar-refractivity contribution in [3.8, 4) is 0 Å². The number of amides is 1. The molecule has 0 radical (unpaired) electrons. The van der Waals surface area contributed by atoms with Crippen molar-refractivity contribution in [3.63, 3.8) is 0 Å². The molecular formula is C13H22BrNO. The quantitative estimate of drug-likeness (QED) is 0.730. The van der Waals surface area contributed by atoms with Gasteiger partial charge in [0.25, 0.3) is 0 Å². The van der Waals surface area contributed by atoms with Crippen molar-refractivity contribution in [3.05, 3.63) is 0 Å². The molecule has 1 aliphatic carbocycles. The summed E-state index contributed by atoms with van der Waals surface area (Å²) in [5.74, 6) is 0.640. The molecule has 0 aromatic rings. The minimum Gasteiger partial charge on any atom is -0.342 e. The molecule has 0 N–H and O–H groups in total. The SMILES string of the molecule is CC1CCCN(CC2(CBr)CCCC2)C1=O. The third-order valence-electron chi connectivity index (χ3n) is 4.27. The van der Waals surface area contributed by atoms with Crippen LogP contribution in [0, 0.1) is 11.3 Å². The van der Waals surface area contributed by atoms with Gasteiger partial charge < -0.3 is 4.90 Å². The highest BCUT2D eigenvalue weighted by Crippen LogP contribution is 2.41. The van der Waals surface area contributed by atoms with Crippen LogP contribution in [0.5, 0.6) is 0 Å². The minimum atomic E-state index is 0.252. The molecule has 92 valence electrons. The van der Waals surface area contributed by atoms with Gasteiger partial charge in [-0.1, -0.05) is 35.7 Å². The first-order chi connectivity index (χ1) is 7.67. The number of hydrogen-bond acceptors (Lipinski definition) is 1. The first kappa shape index (κ1) is 12.4. The van der Waals surface area contributed by atoms with E-state index < -0.39 is 0 Å². The van der Waals surface area contributed by atoms with Gasteiger partial charge in [0.1, 0.15) is 0 Å². The van der Waals surface area contributed by atoms with Gasteiger partial charge in [0.2, 0.25) is 5.91 Å². The van der Waals surface area contributed by atoms with Crippen LogP contribution in [-0.2, 0) is 4.79 Å². The predicted octanol–water partition coefficient (Wildman–Crippen LogP) is 3.20. The zero-order valence-corrected chi connectivity index (χ0v) is 11.8. The van der Waals surface area contributed by atoms with Gasteiger partial charge in [0.15, 0.2) is 0 Å². The lowest BCUT2D eigenvalue weighted by molar-refractivity contribution is -0.139. The summed E-state index contributed by atoms with van der Waals surface area (Å²) in [5, 5.41) is 1.05. The fourth-order valence-corrected chi connectivity index (χ4v) is 3.89. The summed E-state index contributed by atoms with van der Waals surface area (Å²) >= 11 is 3.66. The molecule has 1 unspecified atom stereocenters. The number of piperidine rings is 1. The highest BCUT2D eigenvalue weighted by molar-refractivity contribution is 9.09. The second-order valence-electron chi connectivity index (χ2n) is 5.64. The fraction of sp³-hybridized carbons (Fsp3) is 0.923. The van der Waals surface area contributed by atoms with Crippen LogP contribution >= 0.6 is 15.9 Å². The predicted molar refractivity (Wildman–Crippen MR) is 69.7 cm³/mol. The Balaban J connectivity index is 1.99. The Labute approximate surface area is 107 Å². The van der Waals surface area contributed by atoms with Crippen LogP contribution in [-0.4, -0.2) is 29.2 Å². The molecule has 1 saturated carbocycles. The number of nitrogens with zero attached hydrogens (tertiary/aromatic N) is 1. The van der Waals surface area contributed by atoms with Crippen LogP contribution in [0.1, 0.15) is 45.4 Å². The first-order valence-electron chi connectivity index (χ1n) is 6.52. The summed E-state index contributed by atoms with van der Waals surface area (Å²) in [7, 11) is 0. The zero-order valence-electron chi connectivity index (χ0n) is 10.2. The Hall–Kier alpha value is -0.0500. The van der Waals surface area contributed by atoms with Crippen LogP contribution in [0.3, 0.4) is 0 Å². The first-order valence-corrected chi connectivity index (χ1v) is 7.64. The Morgan fingerprint density at radius 1 is 1.38 bits per heavy atom. The molecule has 1 heterocycles. The number of hydrogen-bond donors (Lipinski definition) is 0. The maximum Gasteiger partial charge on any atom is 0.225 e. The molecule has 0 spiro atoms. The van der Waals surface area contributed by atoms with Crippen molar-refractivity contribution in [1.82, 2.24) is 4.90 Å². The van der Waals surface area contributed by atoms with Crippen molar-refractivity contribution in [2.45, 2.75) is 45.4 Å². The van der Waals surface area contributed by atoms with E-state index in [1.165, 1.54) is 32.1 Å². The van der Waals surface area contributed by atoms with E-state index in [2.05, 4.69) is 27.8 Å². The molecule has 2 fully saturated rings. The lowest BCUT2D eigenvalue weighted by Crippen LogP contribution is -2.46. The average Bonchev–Trinajstić information content (AvgIpc) is 2.74. The smallest absolute Gasteiger partial charge is 0.225 e. The van der Waals surface area contributed by atoms with Crippen LogP contribution < -0.4 is 0 Å². The van der Waals surface area contributed by atoms with Gasteiger partial charge in [-0.05, 0) is 31.1 Å². The third kappa shape index (κ3) is 2.44. The Morgan fingerprint density at radius 2 is 2.06 bits per heavy atom. The lowest BCUT2D eigenvalue weighted by Gasteiger charge is -2.38. The number of halogens is 1. The Morgan fingerprint density at radius 3 is 2.69 bits per heavy atom. The van der Waals surface area contributed by atoms with Gasteiger partial charge >= 0.3 is 0 Å². The second kappa shape index (κ2) is 5.07. The topological polar surface area (TPSA) is 20.3 Å². The number of rotatable bonds is 3. The summed E-state index contributed by atoms with van der Waals surface area (Å²) in [6.07, 6.45) is 7.51. The number of carbonyl (C=O) groups is 1. The van der Waals surface area contributed by atoms with Crippen molar-refractivity contribution in [2.75, 3.05) is 18.4 Å². The normalized spacial score (nSPS) is 29.8. The van der Waals surface area contributed by atoms with E-state index in [1.54, 1.807) is 0 Å². The summed E-state index contributed by atoms with van der Waals surface area (Å²) < 4.78 is 0. The highest BCUT2D eigenvalue weighted by Gasteiger charge is 2.37. The van der Waals surface area contributed by atoms with Crippen LogP contribution in [0.25, 0.3) is 0 Å². The molecule has 1 amide bonds. The molecule has 2 aliphatic rings. The molecule has 0 aromatic heterocycles. The van der Waals surface area contributed by atoms with Crippen molar-refractivity contribution in [2.24, 2.45) is 11.3 Å². The van der Waals surface area contributed by atoms with Gasteiger partial charge in [0, 0.05) is 24.3 Å². The van der Waals surface area contributed by atoms with Gasteiger partial charge in [-0.25, -0.2) is 0 Å². The molecule has 2 rings (SSSR count). The van der Waals surface area contributed by atoms with E-state index in [0.717, 1.165) is 24.8 Å². The average molecular weight is 288 g/mol. The molecular weight excluding hydrogens is 266 g/mol.